The summed E-state index contributed by atoms with van der Waals surface area (Å²) in [5, 5.41) is 9.29. The maximum atomic E-state index is 11.9. The third-order valence-corrected chi connectivity index (χ3v) is 3.40. The van der Waals surface area contributed by atoms with Gasteiger partial charge in [0.2, 0.25) is 5.91 Å². The first kappa shape index (κ1) is 13.4. The lowest BCUT2D eigenvalue weighted by Gasteiger charge is -2.23. The molecule has 1 aromatic carbocycles. The average molecular weight is 262 g/mol. The van der Waals surface area contributed by atoms with Gasteiger partial charge in [-0.15, -0.1) is 0 Å². The Morgan fingerprint density at radius 1 is 1.32 bits per heavy atom. The summed E-state index contributed by atoms with van der Waals surface area (Å²) in [5.41, 5.74) is 1.79. The molecule has 0 bridgehead atoms. The molecule has 1 amide bonds. The van der Waals surface area contributed by atoms with Crippen molar-refractivity contribution in [3.8, 4) is 0 Å². The van der Waals surface area contributed by atoms with Crippen LogP contribution in [0.2, 0.25) is 0 Å². The summed E-state index contributed by atoms with van der Waals surface area (Å²) in [4.78, 5) is 26.8. The van der Waals surface area contributed by atoms with E-state index in [1.54, 1.807) is 24.1 Å². The summed E-state index contributed by atoms with van der Waals surface area (Å²) in [7, 11) is 1.78. The van der Waals surface area contributed by atoms with Gasteiger partial charge in [-0.1, -0.05) is 11.6 Å². The van der Waals surface area contributed by atoms with Gasteiger partial charge >= 0.3 is 5.97 Å². The van der Waals surface area contributed by atoms with Crippen LogP contribution in [0.25, 0.3) is 0 Å². The number of rotatable bonds is 2. The summed E-state index contributed by atoms with van der Waals surface area (Å²) in [5.74, 6) is -0.932. The van der Waals surface area contributed by atoms with Crippen LogP contribution in [-0.4, -0.2) is 48.6 Å². The minimum absolute atomic E-state index is 0.0226. The smallest absolute Gasteiger partial charge is 0.337 e. The Morgan fingerprint density at radius 2 is 2.05 bits per heavy atom. The van der Waals surface area contributed by atoms with E-state index >= 15 is 0 Å². The van der Waals surface area contributed by atoms with E-state index in [0.717, 1.165) is 12.0 Å². The fourth-order valence-electron chi connectivity index (χ4n) is 2.29. The second kappa shape index (κ2) is 5.30. The largest absolute Gasteiger partial charge is 0.478 e. The van der Waals surface area contributed by atoms with E-state index in [0.29, 0.717) is 18.8 Å². The zero-order valence-corrected chi connectivity index (χ0v) is 11.2. The maximum absolute atomic E-state index is 11.9. The molecule has 0 radical (unpaired) electrons. The number of hydrogen-bond donors (Lipinski definition) is 1. The third-order valence-electron chi connectivity index (χ3n) is 3.40. The highest BCUT2D eigenvalue weighted by Crippen LogP contribution is 2.23. The number of likely N-dealkylation sites (N-methyl/N-ethyl adjacent to an activating group) is 1. The molecule has 1 aliphatic heterocycles. The molecule has 0 spiro atoms. The molecule has 1 fully saturated rings. The number of aryl methyl sites for hydroxylation is 1. The van der Waals surface area contributed by atoms with Crippen LogP contribution in [0.3, 0.4) is 0 Å². The van der Waals surface area contributed by atoms with Crippen LogP contribution in [0.1, 0.15) is 22.3 Å². The standard InChI is InChI=1S/C14H18N2O3/c1-10-4-5-12(11(8-10)14(18)19)16-7-3-6-15(2)13(17)9-16/h4-5,8H,3,6-7,9H2,1-2H3,(H,18,19). The third kappa shape index (κ3) is 2.86. The number of aromatic carboxylic acids is 1. The predicted octanol–water partition coefficient (Wildman–Crippen LogP) is 1.36. The van der Waals surface area contributed by atoms with Crippen LogP contribution in [0.4, 0.5) is 5.69 Å². The first-order chi connectivity index (χ1) is 8.99. The van der Waals surface area contributed by atoms with Gasteiger partial charge in [0, 0.05) is 20.1 Å². The van der Waals surface area contributed by atoms with E-state index in [-0.39, 0.29) is 18.0 Å². The van der Waals surface area contributed by atoms with Crippen molar-refractivity contribution in [1.82, 2.24) is 4.90 Å². The number of carbonyl (C=O) groups excluding carboxylic acids is 1. The molecule has 5 nitrogen and oxygen atoms in total. The van der Waals surface area contributed by atoms with Crippen molar-refractivity contribution >= 4 is 17.6 Å². The van der Waals surface area contributed by atoms with Crippen LogP contribution >= 0.6 is 0 Å². The average Bonchev–Trinajstić information content (AvgIpc) is 2.52. The SMILES string of the molecule is Cc1ccc(N2CCCN(C)C(=O)C2)c(C(=O)O)c1. The Kier molecular flexibility index (Phi) is 3.74. The topological polar surface area (TPSA) is 60.9 Å². The molecule has 0 aromatic heterocycles. The van der Waals surface area contributed by atoms with E-state index in [1.165, 1.54) is 0 Å². The molecule has 0 atom stereocenters. The molecule has 0 unspecified atom stereocenters. The monoisotopic (exact) mass is 262 g/mol. The zero-order valence-electron chi connectivity index (χ0n) is 11.2. The molecule has 1 heterocycles. The van der Waals surface area contributed by atoms with Gasteiger partial charge in [0.15, 0.2) is 0 Å². The number of carbonyl (C=O) groups is 2. The quantitative estimate of drug-likeness (QED) is 0.874. The highest BCUT2D eigenvalue weighted by Gasteiger charge is 2.22. The second-order valence-corrected chi connectivity index (χ2v) is 4.92. The first-order valence-corrected chi connectivity index (χ1v) is 6.32. The van der Waals surface area contributed by atoms with E-state index in [1.807, 2.05) is 17.9 Å². The molecule has 5 heteroatoms. The number of carboxylic acids is 1. The van der Waals surface area contributed by atoms with Gasteiger partial charge in [-0.2, -0.15) is 0 Å². The van der Waals surface area contributed by atoms with Gasteiger partial charge in [0.05, 0.1) is 17.8 Å². The number of anilines is 1. The number of amides is 1. The van der Waals surface area contributed by atoms with Crippen molar-refractivity contribution < 1.29 is 14.7 Å². The van der Waals surface area contributed by atoms with Gasteiger partial charge in [-0.3, -0.25) is 4.79 Å². The summed E-state index contributed by atoms with van der Waals surface area (Å²) >= 11 is 0. The van der Waals surface area contributed by atoms with Crippen LogP contribution in [0, 0.1) is 6.92 Å². The van der Waals surface area contributed by atoms with Crippen LogP contribution in [0.5, 0.6) is 0 Å². The first-order valence-electron chi connectivity index (χ1n) is 6.32. The van der Waals surface area contributed by atoms with Gasteiger partial charge in [0.1, 0.15) is 0 Å². The van der Waals surface area contributed by atoms with Crippen LogP contribution < -0.4 is 4.90 Å². The molecule has 2 rings (SSSR count). The number of carboxylic acid groups (broad SMARTS) is 1. The molecular weight excluding hydrogens is 244 g/mol. The lowest BCUT2D eigenvalue weighted by Crippen LogP contribution is -2.35. The lowest BCUT2D eigenvalue weighted by molar-refractivity contribution is -0.127. The Balaban J connectivity index is 2.35. The normalized spacial score (nSPS) is 16.4. The molecule has 1 aromatic rings. The van der Waals surface area contributed by atoms with Crippen LogP contribution in [0.15, 0.2) is 18.2 Å². The van der Waals surface area contributed by atoms with Crippen molar-refractivity contribution in [1.29, 1.82) is 0 Å². The van der Waals surface area contributed by atoms with Crippen molar-refractivity contribution in [2.45, 2.75) is 13.3 Å². The Bertz CT molecular complexity index is 513. The minimum atomic E-state index is -0.955. The Morgan fingerprint density at radius 3 is 2.74 bits per heavy atom. The van der Waals surface area contributed by atoms with Gasteiger partial charge in [0.25, 0.3) is 0 Å². The molecular formula is C14H18N2O3. The highest BCUT2D eigenvalue weighted by molar-refractivity contribution is 5.95. The Hall–Kier alpha value is -2.04. The van der Waals surface area contributed by atoms with Crippen molar-refractivity contribution in [2.24, 2.45) is 0 Å². The van der Waals surface area contributed by atoms with E-state index < -0.39 is 5.97 Å². The van der Waals surface area contributed by atoms with Crippen molar-refractivity contribution in [2.75, 3.05) is 31.6 Å². The minimum Gasteiger partial charge on any atom is -0.478 e. The second-order valence-electron chi connectivity index (χ2n) is 4.92. The lowest BCUT2D eigenvalue weighted by atomic mass is 10.1. The van der Waals surface area contributed by atoms with Crippen molar-refractivity contribution in [3.63, 3.8) is 0 Å². The van der Waals surface area contributed by atoms with Crippen molar-refractivity contribution in [3.05, 3.63) is 29.3 Å². The number of nitrogens with zero attached hydrogens (tertiary/aromatic N) is 2. The molecule has 102 valence electrons. The Labute approximate surface area is 112 Å². The van der Waals surface area contributed by atoms with E-state index in [4.69, 9.17) is 0 Å². The van der Waals surface area contributed by atoms with Gasteiger partial charge in [-0.25, -0.2) is 4.79 Å². The van der Waals surface area contributed by atoms with E-state index in [9.17, 15) is 14.7 Å². The number of hydrogen-bond acceptors (Lipinski definition) is 3. The predicted molar refractivity (Wildman–Crippen MR) is 72.6 cm³/mol. The molecule has 1 N–H and O–H groups in total. The number of benzene rings is 1. The summed E-state index contributed by atoms with van der Waals surface area (Å²) < 4.78 is 0. The maximum Gasteiger partial charge on any atom is 0.337 e. The summed E-state index contributed by atoms with van der Waals surface area (Å²) in [6, 6.07) is 5.31. The highest BCUT2D eigenvalue weighted by atomic mass is 16.4. The summed E-state index contributed by atoms with van der Waals surface area (Å²) in [6.07, 6.45) is 0.842. The molecule has 1 saturated heterocycles. The summed E-state index contributed by atoms with van der Waals surface area (Å²) in [6.45, 7) is 3.50. The fraction of sp³-hybridized carbons (Fsp3) is 0.429. The molecule has 1 aliphatic rings. The molecule has 0 aliphatic carbocycles. The van der Waals surface area contributed by atoms with E-state index in [2.05, 4.69) is 0 Å². The molecule has 0 saturated carbocycles. The fourth-order valence-corrected chi connectivity index (χ4v) is 2.29. The van der Waals surface area contributed by atoms with Crippen LogP contribution in [-0.2, 0) is 4.79 Å². The zero-order chi connectivity index (χ0) is 14.0. The van der Waals surface area contributed by atoms with Gasteiger partial charge in [-0.05, 0) is 25.5 Å². The van der Waals surface area contributed by atoms with Gasteiger partial charge < -0.3 is 14.9 Å². The molecule has 19 heavy (non-hydrogen) atoms.